The minimum atomic E-state index is -4.37. The van der Waals surface area contributed by atoms with E-state index in [1.807, 2.05) is 0 Å². The normalized spacial score (nSPS) is 13.7. The highest BCUT2D eigenvalue weighted by molar-refractivity contribution is 7.47. The summed E-state index contributed by atoms with van der Waals surface area (Å²) in [6.45, 7) is 3.68. The summed E-state index contributed by atoms with van der Waals surface area (Å²) in [5, 5.41) is 0. The number of carbonyl (C=O) groups excluding carboxylic acids is 2. The predicted molar refractivity (Wildman–Crippen MR) is 197 cm³/mol. The van der Waals surface area contributed by atoms with Crippen molar-refractivity contribution in [2.24, 2.45) is 5.73 Å². The van der Waals surface area contributed by atoms with Crippen molar-refractivity contribution in [3.8, 4) is 0 Å². The summed E-state index contributed by atoms with van der Waals surface area (Å²) in [5.74, 6) is -0.848. The van der Waals surface area contributed by atoms with Gasteiger partial charge in [0.2, 0.25) is 0 Å². The lowest BCUT2D eigenvalue weighted by atomic mass is 10.1. The zero-order valence-electron chi connectivity index (χ0n) is 30.7. The molecule has 0 rings (SSSR count). The molecule has 9 nitrogen and oxygen atoms in total. The number of phosphoric acid groups is 1. The molecule has 0 aromatic rings. The Balaban J connectivity index is 4.24. The Bertz CT molecular complexity index is 851. The van der Waals surface area contributed by atoms with E-state index in [-0.39, 0.29) is 32.6 Å². The van der Waals surface area contributed by atoms with Gasteiger partial charge in [-0.25, -0.2) is 4.57 Å². The Morgan fingerprint density at radius 3 is 1.50 bits per heavy atom. The largest absolute Gasteiger partial charge is 0.472 e. The Kier molecular flexibility index (Phi) is 34.2. The molecule has 0 aliphatic rings. The van der Waals surface area contributed by atoms with Gasteiger partial charge >= 0.3 is 19.8 Å². The molecule has 0 saturated carbocycles. The zero-order valence-corrected chi connectivity index (χ0v) is 31.6. The van der Waals surface area contributed by atoms with Crippen LogP contribution in [-0.4, -0.2) is 49.3 Å². The minimum absolute atomic E-state index is 0.0517. The molecule has 0 bridgehead atoms. The van der Waals surface area contributed by atoms with E-state index < -0.39 is 32.5 Å². The average Bonchev–Trinajstić information content (AvgIpc) is 3.07. The quantitative estimate of drug-likeness (QED) is 0.0283. The van der Waals surface area contributed by atoms with Crippen LogP contribution in [0.5, 0.6) is 0 Å². The number of carbonyl (C=O) groups is 2. The number of hydrogen-bond donors (Lipinski definition) is 2. The van der Waals surface area contributed by atoms with E-state index in [1.54, 1.807) is 0 Å². The summed E-state index contributed by atoms with van der Waals surface area (Å²) >= 11 is 0. The van der Waals surface area contributed by atoms with Crippen molar-refractivity contribution in [1.82, 2.24) is 0 Å². The maximum atomic E-state index is 12.5. The number of allylic oxidation sites excluding steroid dienone is 4. The van der Waals surface area contributed by atoms with E-state index in [9.17, 15) is 19.0 Å². The molecular weight excluding hydrogens is 629 g/mol. The first-order valence-electron chi connectivity index (χ1n) is 19.3. The lowest BCUT2D eigenvalue weighted by Gasteiger charge is -2.19. The molecule has 10 heteroatoms. The van der Waals surface area contributed by atoms with E-state index in [2.05, 4.69) is 38.2 Å². The molecule has 0 heterocycles. The van der Waals surface area contributed by atoms with Crippen LogP contribution in [0.4, 0.5) is 0 Å². The summed E-state index contributed by atoms with van der Waals surface area (Å²) in [7, 11) is -4.37. The smallest absolute Gasteiger partial charge is 0.462 e. The molecular formula is C38H72NO8P. The third kappa shape index (κ3) is 34.4. The van der Waals surface area contributed by atoms with Crippen LogP contribution in [0.15, 0.2) is 24.3 Å². The predicted octanol–water partition coefficient (Wildman–Crippen LogP) is 10.4. The number of hydrogen-bond acceptors (Lipinski definition) is 8. The Labute approximate surface area is 293 Å². The van der Waals surface area contributed by atoms with Crippen molar-refractivity contribution >= 4 is 19.8 Å². The molecule has 0 aliphatic carbocycles. The second-order valence-corrected chi connectivity index (χ2v) is 14.2. The zero-order chi connectivity index (χ0) is 35.4. The first-order valence-corrected chi connectivity index (χ1v) is 20.8. The van der Waals surface area contributed by atoms with Gasteiger partial charge in [0.05, 0.1) is 13.2 Å². The number of unbranched alkanes of at least 4 members (excludes halogenated alkanes) is 19. The first-order chi connectivity index (χ1) is 23.3. The van der Waals surface area contributed by atoms with Gasteiger partial charge < -0.3 is 20.1 Å². The number of ether oxygens (including phenoxy) is 2. The van der Waals surface area contributed by atoms with Crippen molar-refractivity contribution in [2.75, 3.05) is 26.4 Å². The van der Waals surface area contributed by atoms with Crippen molar-refractivity contribution in [3.05, 3.63) is 24.3 Å². The molecule has 0 spiro atoms. The second-order valence-electron chi connectivity index (χ2n) is 12.8. The first kappa shape index (κ1) is 46.5. The molecule has 282 valence electrons. The number of esters is 2. The van der Waals surface area contributed by atoms with Gasteiger partial charge in [0.1, 0.15) is 6.61 Å². The molecule has 0 amide bonds. The Morgan fingerprint density at radius 2 is 1.02 bits per heavy atom. The fourth-order valence-corrected chi connectivity index (χ4v) is 5.92. The fourth-order valence-electron chi connectivity index (χ4n) is 5.15. The molecule has 1 unspecified atom stereocenters. The molecule has 0 aromatic carbocycles. The highest BCUT2D eigenvalue weighted by Gasteiger charge is 2.25. The summed E-state index contributed by atoms with van der Waals surface area (Å²) in [6, 6.07) is 0. The molecule has 0 aliphatic heterocycles. The van der Waals surface area contributed by atoms with Crippen molar-refractivity contribution in [2.45, 2.75) is 180 Å². The third-order valence-corrected chi connectivity index (χ3v) is 9.04. The number of phosphoric ester groups is 1. The van der Waals surface area contributed by atoms with Gasteiger partial charge in [0, 0.05) is 19.4 Å². The average molecular weight is 702 g/mol. The van der Waals surface area contributed by atoms with Crippen LogP contribution >= 0.6 is 7.82 Å². The molecule has 0 aromatic heterocycles. The van der Waals surface area contributed by atoms with E-state index >= 15 is 0 Å². The maximum Gasteiger partial charge on any atom is 0.472 e. The van der Waals surface area contributed by atoms with Crippen LogP contribution in [0.2, 0.25) is 0 Å². The van der Waals surface area contributed by atoms with E-state index in [1.165, 1.54) is 70.6 Å². The number of rotatable bonds is 36. The van der Waals surface area contributed by atoms with Gasteiger partial charge in [-0.05, 0) is 64.2 Å². The molecule has 0 saturated heterocycles. The van der Waals surface area contributed by atoms with Gasteiger partial charge in [-0.15, -0.1) is 0 Å². The summed E-state index contributed by atoms with van der Waals surface area (Å²) in [5.41, 5.74) is 5.33. The van der Waals surface area contributed by atoms with Crippen molar-refractivity contribution in [3.63, 3.8) is 0 Å². The summed E-state index contributed by atoms with van der Waals surface area (Å²) < 4.78 is 32.6. The van der Waals surface area contributed by atoms with Crippen molar-refractivity contribution in [1.29, 1.82) is 0 Å². The standard InChI is InChI=1S/C38H72NO8P/c1-3-5-7-9-11-13-15-17-19-20-22-24-26-28-30-37(40)44-34-36(35-46-48(42,43)45-33-32-39)47-38(41)31-29-27-25-23-21-18-16-14-12-10-8-6-4-2/h14-17,36H,3-13,18-35,39H2,1-2H3,(H,42,43)/b16-14-,17-15-/t36-/m1/s1. The van der Waals surface area contributed by atoms with Crippen molar-refractivity contribution < 1.29 is 37.6 Å². The third-order valence-electron chi connectivity index (χ3n) is 8.06. The van der Waals surface area contributed by atoms with Crippen LogP contribution < -0.4 is 5.73 Å². The topological polar surface area (TPSA) is 134 Å². The Morgan fingerprint density at radius 1 is 0.604 bits per heavy atom. The van der Waals surface area contributed by atoms with Gasteiger partial charge in [-0.2, -0.15) is 0 Å². The SMILES string of the molecule is CCCCCC/C=C\CCCCCCCC(=O)O[C@H](COC(=O)CCCCCCC/C=C\CCCCCCC)COP(=O)(O)OCCN. The Hall–Kier alpha value is -1.51. The summed E-state index contributed by atoms with van der Waals surface area (Å²) in [4.78, 5) is 34.7. The van der Waals surface area contributed by atoms with Crippen LogP contribution in [-0.2, 0) is 32.7 Å². The highest BCUT2D eigenvalue weighted by Crippen LogP contribution is 2.43. The maximum absolute atomic E-state index is 12.5. The summed E-state index contributed by atoms with van der Waals surface area (Å²) in [6.07, 6.45) is 34.9. The van der Waals surface area contributed by atoms with Gasteiger partial charge in [-0.3, -0.25) is 18.6 Å². The van der Waals surface area contributed by atoms with E-state index in [0.29, 0.717) is 6.42 Å². The van der Waals surface area contributed by atoms with Crippen LogP contribution in [0.3, 0.4) is 0 Å². The van der Waals surface area contributed by atoms with E-state index in [0.717, 1.165) is 70.6 Å². The van der Waals surface area contributed by atoms with Gasteiger partial charge in [0.15, 0.2) is 6.10 Å². The van der Waals surface area contributed by atoms with Crippen LogP contribution in [0.1, 0.15) is 174 Å². The molecule has 48 heavy (non-hydrogen) atoms. The lowest BCUT2D eigenvalue weighted by Crippen LogP contribution is -2.29. The lowest BCUT2D eigenvalue weighted by molar-refractivity contribution is -0.161. The van der Waals surface area contributed by atoms with Gasteiger partial charge in [-0.1, -0.05) is 122 Å². The molecule has 0 fully saturated rings. The molecule has 2 atom stereocenters. The van der Waals surface area contributed by atoms with Gasteiger partial charge in [0.25, 0.3) is 0 Å². The second kappa shape index (κ2) is 35.3. The molecule has 0 radical (unpaired) electrons. The highest BCUT2D eigenvalue weighted by atomic mass is 31.2. The number of nitrogens with two attached hydrogens (primary N) is 1. The minimum Gasteiger partial charge on any atom is -0.462 e. The van der Waals surface area contributed by atoms with Crippen LogP contribution in [0, 0.1) is 0 Å². The fraction of sp³-hybridized carbons (Fsp3) is 0.842. The monoisotopic (exact) mass is 701 g/mol. The van der Waals surface area contributed by atoms with Crippen LogP contribution in [0.25, 0.3) is 0 Å². The van der Waals surface area contributed by atoms with E-state index in [4.69, 9.17) is 24.3 Å². The molecule has 3 N–H and O–H groups in total.